The fourth-order valence-corrected chi connectivity index (χ4v) is 4.51. The Hall–Kier alpha value is -2.94. The molecule has 3 rings (SSSR count). The van der Waals surface area contributed by atoms with Crippen molar-refractivity contribution in [2.45, 2.75) is 24.3 Å². The van der Waals surface area contributed by atoms with Crippen LogP contribution in [0.25, 0.3) is 0 Å². The Morgan fingerprint density at radius 2 is 1.92 bits per heavy atom. The van der Waals surface area contributed by atoms with Gasteiger partial charge >= 0.3 is 0 Å². The maximum absolute atomic E-state index is 13.2. The van der Waals surface area contributed by atoms with Gasteiger partial charge in [0.25, 0.3) is 15.7 Å². The van der Waals surface area contributed by atoms with Gasteiger partial charge in [0.05, 0.1) is 27.2 Å². The third-order valence-electron chi connectivity index (χ3n) is 3.88. The molecule has 2 aromatic rings. The van der Waals surface area contributed by atoms with E-state index in [2.05, 4.69) is 5.32 Å². The van der Waals surface area contributed by atoms with Crippen LogP contribution >= 0.6 is 0 Å². The van der Waals surface area contributed by atoms with E-state index in [1.54, 1.807) is 31.2 Å². The van der Waals surface area contributed by atoms with Crippen LogP contribution in [0.3, 0.4) is 0 Å². The number of non-ortho nitro benzene ring substituents is 1. The number of rotatable bonds is 3. The molecule has 0 spiro atoms. The number of benzene rings is 2. The summed E-state index contributed by atoms with van der Waals surface area (Å²) >= 11 is 0. The lowest BCUT2D eigenvalue weighted by Gasteiger charge is -2.29. The predicted molar refractivity (Wildman–Crippen MR) is 91.9 cm³/mol. The zero-order valence-corrected chi connectivity index (χ0v) is 14.1. The molecule has 130 valence electrons. The second-order valence-corrected chi connectivity index (χ2v) is 7.49. The number of para-hydroxylation sites is 2. The molecule has 1 N–H and O–H groups in total. The fourth-order valence-electron chi connectivity index (χ4n) is 2.80. The minimum Gasteiger partial charge on any atom is -0.324 e. The van der Waals surface area contributed by atoms with Crippen LogP contribution in [0.15, 0.2) is 53.4 Å². The number of fused-ring (bicyclic) bond motifs is 1. The van der Waals surface area contributed by atoms with Gasteiger partial charge in [-0.1, -0.05) is 18.2 Å². The van der Waals surface area contributed by atoms with Crippen molar-refractivity contribution in [2.75, 3.05) is 9.62 Å². The van der Waals surface area contributed by atoms with E-state index in [9.17, 15) is 23.3 Å². The Labute approximate surface area is 144 Å². The number of amides is 1. The average molecular weight is 361 g/mol. The van der Waals surface area contributed by atoms with Crippen molar-refractivity contribution in [1.29, 1.82) is 0 Å². The first-order chi connectivity index (χ1) is 11.8. The maximum atomic E-state index is 13.2. The lowest BCUT2D eigenvalue weighted by Crippen LogP contribution is -2.39. The Bertz CT molecular complexity index is 958. The molecule has 1 atom stereocenters. The lowest BCUT2D eigenvalue weighted by molar-refractivity contribution is -0.385. The first-order valence-electron chi connectivity index (χ1n) is 7.48. The van der Waals surface area contributed by atoms with Crippen LogP contribution in [0.4, 0.5) is 17.1 Å². The highest BCUT2D eigenvalue weighted by atomic mass is 32.2. The summed E-state index contributed by atoms with van der Waals surface area (Å²) in [7, 11) is -4.09. The molecule has 1 unspecified atom stereocenters. The molecule has 1 amide bonds. The molecule has 0 aromatic heterocycles. The first-order valence-corrected chi connectivity index (χ1v) is 8.92. The smallest absolute Gasteiger partial charge is 0.270 e. The first kappa shape index (κ1) is 16.9. The number of nitro benzene ring substituents is 1. The van der Waals surface area contributed by atoms with Gasteiger partial charge in [-0.25, -0.2) is 8.42 Å². The quantitative estimate of drug-likeness (QED) is 0.667. The minimum atomic E-state index is -4.09. The summed E-state index contributed by atoms with van der Waals surface area (Å²) in [5, 5.41) is 13.6. The largest absolute Gasteiger partial charge is 0.324 e. The van der Waals surface area contributed by atoms with E-state index >= 15 is 0 Å². The van der Waals surface area contributed by atoms with Gasteiger partial charge in [0.15, 0.2) is 0 Å². The lowest BCUT2D eigenvalue weighted by atomic mass is 10.2. The number of nitrogens with zero attached hydrogens (tertiary/aromatic N) is 2. The summed E-state index contributed by atoms with van der Waals surface area (Å²) in [4.78, 5) is 22.1. The average Bonchev–Trinajstić information content (AvgIpc) is 2.69. The van der Waals surface area contributed by atoms with E-state index in [0.717, 1.165) is 10.4 Å². The number of hydrogen-bond acceptors (Lipinski definition) is 5. The third-order valence-corrected chi connectivity index (χ3v) is 5.81. The number of sulfonamides is 1. The monoisotopic (exact) mass is 361 g/mol. The Kier molecular flexibility index (Phi) is 4.17. The SMILES string of the molecule is CC1CC(=O)Nc2ccccc2N1S(=O)(=O)c1cccc([N+](=O)[O-])c1. The van der Waals surface area contributed by atoms with E-state index in [-0.39, 0.29) is 22.9 Å². The number of nitro groups is 1. The van der Waals surface area contributed by atoms with Gasteiger partial charge < -0.3 is 5.32 Å². The predicted octanol–water partition coefficient (Wildman–Crippen LogP) is 2.52. The molecule has 0 radical (unpaired) electrons. The summed E-state index contributed by atoms with van der Waals surface area (Å²) < 4.78 is 27.5. The standard InChI is InChI=1S/C16H15N3O5S/c1-11-9-16(20)17-14-7-2-3-8-15(14)18(11)25(23,24)13-6-4-5-12(10-13)19(21)22/h2-8,10-11H,9H2,1H3,(H,17,20). The molecule has 0 saturated heterocycles. The van der Waals surface area contributed by atoms with Gasteiger partial charge in [-0.3, -0.25) is 19.2 Å². The van der Waals surface area contributed by atoms with Crippen LogP contribution in [-0.4, -0.2) is 25.3 Å². The van der Waals surface area contributed by atoms with Crippen molar-refractivity contribution in [3.63, 3.8) is 0 Å². The van der Waals surface area contributed by atoms with Crippen molar-refractivity contribution >= 4 is 33.0 Å². The van der Waals surface area contributed by atoms with Gasteiger partial charge in [0.1, 0.15) is 0 Å². The molecule has 25 heavy (non-hydrogen) atoms. The molecule has 1 aliphatic heterocycles. The topological polar surface area (TPSA) is 110 Å². The second kappa shape index (κ2) is 6.17. The number of nitrogens with one attached hydrogen (secondary N) is 1. The third kappa shape index (κ3) is 3.05. The van der Waals surface area contributed by atoms with Crippen molar-refractivity contribution in [1.82, 2.24) is 0 Å². The van der Waals surface area contributed by atoms with E-state index in [1.807, 2.05) is 0 Å². The molecule has 8 nitrogen and oxygen atoms in total. The summed E-state index contributed by atoms with van der Waals surface area (Å²) in [5.41, 5.74) is 0.393. The molecular formula is C16H15N3O5S. The number of carbonyl (C=O) groups excluding carboxylic acids is 1. The molecule has 0 bridgehead atoms. The Morgan fingerprint density at radius 3 is 2.64 bits per heavy atom. The van der Waals surface area contributed by atoms with Crippen LogP contribution in [0, 0.1) is 10.1 Å². The molecule has 0 saturated carbocycles. The highest BCUT2D eigenvalue weighted by molar-refractivity contribution is 7.92. The zero-order valence-electron chi connectivity index (χ0n) is 13.2. The Morgan fingerprint density at radius 1 is 1.20 bits per heavy atom. The summed E-state index contributed by atoms with van der Waals surface area (Å²) in [5.74, 6) is -0.295. The molecule has 2 aromatic carbocycles. The molecule has 0 aliphatic carbocycles. The highest BCUT2D eigenvalue weighted by Gasteiger charge is 2.35. The number of anilines is 2. The van der Waals surface area contributed by atoms with Gasteiger partial charge in [0.2, 0.25) is 5.91 Å². The second-order valence-electron chi connectivity index (χ2n) is 5.67. The van der Waals surface area contributed by atoms with Crippen LogP contribution in [0.5, 0.6) is 0 Å². The minimum absolute atomic E-state index is 0.0250. The summed E-state index contributed by atoms with van der Waals surface area (Å²) in [6.07, 6.45) is -0.0250. The maximum Gasteiger partial charge on any atom is 0.270 e. The molecule has 1 heterocycles. The van der Waals surface area contributed by atoms with Crippen molar-refractivity contribution in [3.8, 4) is 0 Å². The van der Waals surface area contributed by atoms with Crippen molar-refractivity contribution < 1.29 is 18.1 Å². The fraction of sp³-hybridized carbons (Fsp3) is 0.188. The van der Waals surface area contributed by atoms with Gasteiger partial charge in [-0.05, 0) is 25.1 Å². The number of hydrogen-bond donors (Lipinski definition) is 1. The van der Waals surface area contributed by atoms with Crippen LogP contribution in [0.1, 0.15) is 13.3 Å². The van der Waals surface area contributed by atoms with Crippen LogP contribution < -0.4 is 9.62 Å². The van der Waals surface area contributed by atoms with Crippen LogP contribution in [0.2, 0.25) is 0 Å². The van der Waals surface area contributed by atoms with Gasteiger partial charge in [-0.15, -0.1) is 0 Å². The van der Waals surface area contributed by atoms with Crippen molar-refractivity contribution in [3.05, 3.63) is 58.6 Å². The zero-order chi connectivity index (χ0) is 18.2. The van der Waals surface area contributed by atoms with Crippen LogP contribution in [-0.2, 0) is 14.8 Å². The number of carbonyl (C=O) groups is 1. The molecule has 1 aliphatic rings. The van der Waals surface area contributed by atoms with E-state index in [0.29, 0.717) is 11.4 Å². The highest BCUT2D eigenvalue weighted by Crippen LogP contribution is 2.36. The van der Waals surface area contributed by atoms with Gasteiger partial charge in [-0.2, -0.15) is 0 Å². The van der Waals surface area contributed by atoms with E-state index in [4.69, 9.17) is 0 Å². The van der Waals surface area contributed by atoms with Gasteiger partial charge in [0, 0.05) is 18.6 Å². The molecule has 9 heteroatoms. The van der Waals surface area contributed by atoms with E-state index < -0.39 is 21.0 Å². The summed E-state index contributed by atoms with van der Waals surface area (Å²) in [6, 6.07) is 10.8. The van der Waals surface area contributed by atoms with Crippen molar-refractivity contribution in [2.24, 2.45) is 0 Å². The molecular weight excluding hydrogens is 346 g/mol. The normalized spacial score (nSPS) is 17.4. The summed E-state index contributed by atoms with van der Waals surface area (Å²) in [6.45, 7) is 1.62. The molecule has 0 fully saturated rings. The van der Waals surface area contributed by atoms with E-state index in [1.165, 1.54) is 18.2 Å². The Balaban J connectivity index is 2.17.